The van der Waals surface area contributed by atoms with Crippen LogP contribution in [0.5, 0.6) is 0 Å². The van der Waals surface area contributed by atoms with Gasteiger partial charge in [-0.25, -0.2) is 0 Å². The van der Waals surface area contributed by atoms with Gasteiger partial charge in [-0.15, -0.1) is 12.4 Å². The van der Waals surface area contributed by atoms with Crippen LogP contribution >= 0.6 is 12.4 Å². The van der Waals surface area contributed by atoms with Crippen LogP contribution < -0.4 is 11.1 Å². The van der Waals surface area contributed by atoms with Crippen molar-refractivity contribution in [3.63, 3.8) is 0 Å². The number of carbonyl (C=O) groups is 1. The minimum absolute atomic E-state index is 0. The fourth-order valence-electron chi connectivity index (χ4n) is 4.14. The van der Waals surface area contributed by atoms with Crippen LogP contribution in [0, 0.1) is 11.3 Å². The number of hydrogen-bond acceptors (Lipinski definition) is 3. The van der Waals surface area contributed by atoms with Crippen molar-refractivity contribution in [3.8, 4) is 0 Å². The van der Waals surface area contributed by atoms with Crippen molar-refractivity contribution >= 4 is 18.3 Å². The van der Waals surface area contributed by atoms with Gasteiger partial charge in [-0.2, -0.15) is 0 Å². The zero-order chi connectivity index (χ0) is 13.0. The predicted molar refractivity (Wildman–Crippen MR) is 76.2 cm³/mol. The van der Waals surface area contributed by atoms with Gasteiger partial charge in [0.2, 0.25) is 5.91 Å². The quantitative estimate of drug-likeness (QED) is 0.811. The molecular weight excluding hydrogens is 264 g/mol. The molecule has 1 aliphatic heterocycles. The van der Waals surface area contributed by atoms with Crippen molar-refractivity contribution in [1.29, 1.82) is 0 Å². The predicted octanol–water partition coefficient (Wildman–Crippen LogP) is 1.61. The maximum absolute atomic E-state index is 12.4. The third kappa shape index (κ3) is 2.18. The summed E-state index contributed by atoms with van der Waals surface area (Å²) >= 11 is 0. The van der Waals surface area contributed by atoms with E-state index in [-0.39, 0.29) is 29.8 Å². The molecule has 3 aliphatic rings. The molecule has 0 aromatic rings. The van der Waals surface area contributed by atoms with Gasteiger partial charge in [-0.1, -0.05) is 26.7 Å². The lowest BCUT2D eigenvalue weighted by atomic mass is 9.57. The van der Waals surface area contributed by atoms with Crippen LogP contribution in [0.2, 0.25) is 0 Å². The summed E-state index contributed by atoms with van der Waals surface area (Å²) in [7, 11) is 0. The number of nitrogens with two attached hydrogens (primary N) is 1. The minimum atomic E-state index is -0.610. The van der Waals surface area contributed by atoms with Crippen molar-refractivity contribution < 1.29 is 9.53 Å². The second-order valence-corrected chi connectivity index (χ2v) is 6.88. The third-order valence-corrected chi connectivity index (χ3v) is 5.34. The molecule has 0 bridgehead atoms. The van der Waals surface area contributed by atoms with E-state index < -0.39 is 5.54 Å². The van der Waals surface area contributed by atoms with E-state index in [1.54, 1.807) is 0 Å². The number of ether oxygens (including phenoxy) is 1. The molecule has 0 aromatic carbocycles. The van der Waals surface area contributed by atoms with E-state index in [4.69, 9.17) is 10.5 Å². The van der Waals surface area contributed by atoms with E-state index in [2.05, 4.69) is 19.2 Å². The first kappa shape index (κ1) is 15.1. The summed E-state index contributed by atoms with van der Waals surface area (Å²) in [5.41, 5.74) is 5.65. The van der Waals surface area contributed by atoms with Gasteiger partial charge in [0.25, 0.3) is 0 Å². The van der Waals surface area contributed by atoms with Crippen LogP contribution in [0.3, 0.4) is 0 Å². The van der Waals surface area contributed by atoms with Gasteiger partial charge in [0.05, 0.1) is 11.6 Å². The summed E-state index contributed by atoms with van der Waals surface area (Å²) in [5.74, 6) is 0.553. The van der Waals surface area contributed by atoms with Gasteiger partial charge in [0.15, 0.2) is 0 Å². The maximum Gasteiger partial charge on any atom is 0.240 e. The summed E-state index contributed by atoms with van der Waals surface area (Å²) < 4.78 is 5.75. The number of nitrogens with one attached hydrogen (secondary N) is 1. The Labute approximate surface area is 121 Å². The van der Waals surface area contributed by atoms with Crippen molar-refractivity contribution in [2.45, 2.75) is 63.6 Å². The molecule has 3 N–H and O–H groups in total. The molecule has 3 fully saturated rings. The second kappa shape index (κ2) is 4.90. The fourth-order valence-corrected chi connectivity index (χ4v) is 4.14. The summed E-state index contributed by atoms with van der Waals surface area (Å²) in [6.45, 7) is 5.20. The monoisotopic (exact) mass is 288 g/mol. The zero-order valence-electron chi connectivity index (χ0n) is 11.8. The Balaban J connectivity index is 0.00000133. The molecule has 1 saturated heterocycles. The van der Waals surface area contributed by atoms with Gasteiger partial charge in [0.1, 0.15) is 0 Å². The first-order valence-corrected chi connectivity index (χ1v) is 7.17. The lowest BCUT2D eigenvalue weighted by Gasteiger charge is -2.55. The molecule has 5 heteroatoms. The largest absolute Gasteiger partial charge is 0.377 e. The van der Waals surface area contributed by atoms with Crippen LogP contribution in [0.4, 0.5) is 0 Å². The molecule has 2 aliphatic carbocycles. The average Bonchev–Trinajstić information content (AvgIpc) is 2.93. The molecule has 1 heterocycles. The first-order valence-electron chi connectivity index (χ1n) is 7.17. The van der Waals surface area contributed by atoms with Crippen LogP contribution in [0.15, 0.2) is 0 Å². The highest BCUT2D eigenvalue weighted by atomic mass is 35.5. The van der Waals surface area contributed by atoms with Crippen molar-refractivity contribution in [2.24, 2.45) is 17.1 Å². The van der Waals surface area contributed by atoms with Crippen molar-refractivity contribution in [2.75, 3.05) is 6.61 Å². The number of carbonyl (C=O) groups excluding carboxylic acids is 1. The first-order chi connectivity index (χ1) is 8.45. The van der Waals surface area contributed by atoms with Crippen LogP contribution in [0.25, 0.3) is 0 Å². The molecule has 110 valence electrons. The Kier molecular flexibility index (Phi) is 3.89. The van der Waals surface area contributed by atoms with Gasteiger partial charge in [-0.3, -0.25) is 4.79 Å². The molecule has 0 radical (unpaired) electrons. The van der Waals surface area contributed by atoms with Crippen LogP contribution in [0.1, 0.15) is 46.0 Å². The molecule has 3 atom stereocenters. The summed E-state index contributed by atoms with van der Waals surface area (Å²) in [4.78, 5) is 12.4. The van der Waals surface area contributed by atoms with Crippen LogP contribution in [-0.2, 0) is 9.53 Å². The van der Waals surface area contributed by atoms with Crippen molar-refractivity contribution in [3.05, 3.63) is 0 Å². The van der Waals surface area contributed by atoms with E-state index in [1.807, 2.05) is 0 Å². The summed E-state index contributed by atoms with van der Waals surface area (Å²) in [5, 5.41) is 3.22. The molecule has 4 nitrogen and oxygen atoms in total. The molecule has 3 rings (SSSR count). The second-order valence-electron chi connectivity index (χ2n) is 6.88. The molecule has 1 amide bonds. The molecule has 19 heavy (non-hydrogen) atoms. The zero-order valence-corrected chi connectivity index (χ0v) is 12.6. The lowest BCUT2D eigenvalue weighted by Crippen LogP contribution is -2.69. The lowest BCUT2D eigenvalue weighted by molar-refractivity contribution is -0.142. The number of amides is 1. The maximum atomic E-state index is 12.4. The van der Waals surface area contributed by atoms with Gasteiger partial charge < -0.3 is 15.8 Å². The molecule has 3 unspecified atom stereocenters. The summed E-state index contributed by atoms with van der Waals surface area (Å²) in [6.07, 6.45) is 5.20. The Hall–Kier alpha value is -0.320. The fraction of sp³-hybridized carbons (Fsp3) is 0.929. The Morgan fingerprint density at radius 2 is 1.95 bits per heavy atom. The Morgan fingerprint density at radius 3 is 2.58 bits per heavy atom. The normalized spacial score (nSPS) is 37.9. The summed E-state index contributed by atoms with van der Waals surface area (Å²) in [6, 6.07) is 0.235. The van der Waals surface area contributed by atoms with Crippen molar-refractivity contribution in [1.82, 2.24) is 5.32 Å². The number of rotatable bonds is 2. The standard InChI is InChI=1S/C14H24N2O2.ClH/c1-13(2)10(9-5-8-18-11(9)13)16-12(17)14(15)6-3-4-7-14;/h9-11H,3-8,15H2,1-2H3,(H,16,17);1H. The Morgan fingerprint density at radius 1 is 1.32 bits per heavy atom. The number of fused-ring (bicyclic) bond motifs is 1. The molecule has 2 saturated carbocycles. The van der Waals surface area contributed by atoms with Gasteiger partial charge in [0, 0.05) is 24.0 Å². The van der Waals surface area contributed by atoms with E-state index in [9.17, 15) is 4.79 Å². The van der Waals surface area contributed by atoms with Gasteiger partial charge in [-0.05, 0) is 19.3 Å². The van der Waals surface area contributed by atoms with E-state index in [0.717, 1.165) is 38.7 Å². The highest BCUT2D eigenvalue weighted by Crippen LogP contribution is 2.52. The number of halogens is 1. The van der Waals surface area contributed by atoms with Crippen LogP contribution in [-0.4, -0.2) is 30.2 Å². The topological polar surface area (TPSA) is 64.4 Å². The third-order valence-electron chi connectivity index (χ3n) is 5.34. The van der Waals surface area contributed by atoms with Gasteiger partial charge >= 0.3 is 0 Å². The Bertz CT molecular complexity index is 366. The highest BCUT2D eigenvalue weighted by molar-refractivity contribution is 5.86. The molecule has 0 spiro atoms. The number of hydrogen-bond donors (Lipinski definition) is 2. The smallest absolute Gasteiger partial charge is 0.240 e. The SMILES string of the molecule is CC1(C)C(NC(=O)C2(N)CCCC2)C2CCOC21.Cl. The molecule has 0 aromatic heterocycles. The average molecular weight is 289 g/mol. The minimum Gasteiger partial charge on any atom is -0.377 e. The highest BCUT2D eigenvalue weighted by Gasteiger charge is 2.60. The molecular formula is C14H25ClN2O2. The van der Waals surface area contributed by atoms with E-state index in [0.29, 0.717) is 12.0 Å². The van der Waals surface area contributed by atoms with E-state index >= 15 is 0 Å². The van der Waals surface area contributed by atoms with E-state index in [1.165, 1.54) is 0 Å².